The molecule has 0 saturated carbocycles. The van der Waals surface area contributed by atoms with Crippen molar-refractivity contribution in [3.63, 3.8) is 0 Å². The van der Waals surface area contributed by atoms with E-state index in [2.05, 4.69) is 5.32 Å². The Morgan fingerprint density at radius 3 is 2.67 bits per heavy atom. The van der Waals surface area contributed by atoms with Gasteiger partial charge < -0.3 is 19.7 Å². The summed E-state index contributed by atoms with van der Waals surface area (Å²) >= 11 is 0. The van der Waals surface area contributed by atoms with Crippen LogP contribution in [0.2, 0.25) is 0 Å². The summed E-state index contributed by atoms with van der Waals surface area (Å²) in [6.45, 7) is 10.1. The molecule has 27 heavy (non-hydrogen) atoms. The van der Waals surface area contributed by atoms with E-state index in [1.165, 1.54) is 12.1 Å². The lowest BCUT2D eigenvalue weighted by atomic mass is 10.1. The summed E-state index contributed by atoms with van der Waals surface area (Å²) in [6.07, 6.45) is 1.08. The van der Waals surface area contributed by atoms with E-state index >= 15 is 0 Å². The van der Waals surface area contributed by atoms with Gasteiger partial charge >= 0.3 is 5.97 Å². The van der Waals surface area contributed by atoms with Crippen molar-refractivity contribution in [1.82, 2.24) is 9.88 Å². The van der Waals surface area contributed by atoms with Gasteiger partial charge in [-0.05, 0) is 58.4 Å². The molecule has 0 aliphatic rings. The first-order chi connectivity index (χ1) is 12.8. The molecule has 0 spiro atoms. The maximum Gasteiger partial charge on any atom is 0.337 e. The van der Waals surface area contributed by atoms with Crippen molar-refractivity contribution in [3.05, 3.63) is 58.2 Å². The van der Waals surface area contributed by atoms with Crippen LogP contribution in [0.3, 0.4) is 0 Å². The number of hydrogen-bond donors (Lipinski definition) is 2. The summed E-state index contributed by atoms with van der Waals surface area (Å²) in [5.41, 5.74) is 3.48. The van der Waals surface area contributed by atoms with Crippen molar-refractivity contribution in [2.24, 2.45) is 0 Å². The highest BCUT2D eigenvalue weighted by Gasteiger charge is 2.22. The number of benzene rings is 1. The number of nitrogens with zero attached hydrogens (tertiary/aromatic N) is 1. The van der Waals surface area contributed by atoms with Gasteiger partial charge in [0.1, 0.15) is 5.82 Å². The Bertz CT molecular complexity index is 784. The van der Waals surface area contributed by atoms with Gasteiger partial charge in [0.25, 0.3) is 0 Å². The van der Waals surface area contributed by atoms with E-state index in [-0.39, 0.29) is 11.9 Å². The fourth-order valence-corrected chi connectivity index (χ4v) is 3.23. The minimum absolute atomic E-state index is 0.213. The van der Waals surface area contributed by atoms with Crippen molar-refractivity contribution in [2.75, 3.05) is 13.2 Å². The lowest BCUT2D eigenvalue weighted by Crippen LogP contribution is -2.19. The number of rotatable bonds is 10. The minimum Gasteiger partial charge on any atom is -0.478 e. The van der Waals surface area contributed by atoms with Crippen LogP contribution in [0, 0.1) is 19.7 Å². The number of hydrogen-bond acceptors (Lipinski definition) is 3. The molecule has 0 unspecified atom stereocenters. The third-order valence-corrected chi connectivity index (χ3v) is 4.60. The van der Waals surface area contributed by atoms with Crippen LogP contribution in [0.25, 0.3) is 0 Å². The van der Waals surface area contributed by atoms with Crippen molar-refractivity contribution in [1.29, 1.82) is 0 Å². The second kappa shape index (κ2) is 9.67. The van der Waals surface area contributed by atoms with Gasteiger partial charge in [-0.1, -0.05) is 12.1 Å². The van der Waals surface area contributed by atoms with E-state index in [9.17, 15) is 14.3 Å². The van der Waals surface area contributed by atoms with E-state index in [4.69, 9.17) is 4.74 Å². The summed E-state index contributed by atoms with van der Waals surface area (Å²) in [6, 6.07) is 6.39. The lowest BCUT2D eigenvalue weighted by molar-refractivity contribution is 0.0693. The largest absolute Gasteiger partial charge is 0.478 e. The summed E-state index contributed by atoms with van der Waals surface area (Å²) in [4.78, 5) is 11.8. The molecular weight excluding hydrogens is 347 g/mol. The van der Waals surface area contributed by atoms with Crippen molar-refractivity contribution >= 4 is 5.97 Å². The predicted molar refractivity (Wildman–Crippen MR) is 104 cm³/mol. The number of ether oxygens (including phenoxy) is 1. The smallest absolute Gasteiger partial charge is 0.337 e. The van der Waals surface area contributed by atoms with E-state index in [0.717, 1.165) is 29.8 Å². The van der Waals surface area contributed by atoms with Crippen LogP contribution in [0.15, 0.2) is 24.3 Å². The zero-order valence-electron chi connectivity index (χ0n) is 16.5. The molecule has 0 fully saturated rings. The Labute approximate surface area is 160 Å². The van der Waals surface area contributed by atoms with Gasteiger partial charge in [-0.25, -0.2) is 9.18 Å². The maximum atomic E-state index is 13.5. The Morgan fingerprint density at radius 2 is 2.04 bits per heavy atom. The van der Waals surface area contributed by atoms with Crippen LogP contribution in [0.1, 0.15) is 53.1 Å². The molecule has 5 nitrogen and oxygen atoms in total. The molecule has 0 saturated heterocycles. The van der Waals surface area contributed by atoms with E-state index < -0.39 is 5.97 Å². The number of carbonyl (C=O) groups is 1. The van der Waals surface area contributed by atoms with Crippen LogP contribution in [0.5, 0.6) is 0 Å². The highest BCUT2D eigenvalue weighted by Crippen LogP contribution is 2.24. The Balaban J connectivity index is 2.13. The number of aromatic carboxylic acids is 1. The van der Waals surface area contributed by atoms with E-state index in [0.29, 0.717) is 31.0 Å². The number of carboxylic acids is 1. The van der Waals surface area contributed by atoms with Gasteiger partial charge in [-0.2, -0.15) is 0 Å². The quantitative estimate of drug-likeness (QED) is 0.618. The summed E-state index contributed by atoms with van der Waals surface area (Å²) in [5.74, 6) is -1.23. The van der Waals surface area contributed by atoms with Crippen LogP contribution >= 0.6 is 0 Å². The minimum atomic E-state index is -0.937. The molecule has 148 valence electrons. The molecule has 0 atom stereocenters. The van der Waals surface area contributed by atoms with Gasteiger partial charge in [0.15, 0.2) is 0 Å². The predicted octanol–water partition coefficient (Wildman–Crippen LogP) is 3.90. The van der Waals surface area contributed by atoms with Crippen LogP contribution < -0.4 is 5.32 Å². The first-order valence-corrected chi connectivity index (χ1v) is 9.29. The fourth-order valence-electron chi connectivity index (χ4n) is 3.23. The van der Waals surface area contributed by atoms with Gasteiger partial charge in [0, 0.05) is 36.6 Å². The van der Waals surface area contributed by atoms with Crippen LogP contribution in [-0.2, 0) is 17.8 Å². The lowest BCUT2D eigenvalue weighted by Gasteiger charge is -2.11. The van der Waals surface area contributed by atoms with Crippen molar-refractivity contribution in [2.45, 2.75) is 53.3 Å². The van der Waals surface area contributed by atoms with Gasteiger partial charge in [-0.3, -0.25) is 0 Å². The third kappa shape index (κ3) is 5.65. The molecule has 0 radical (unpaired) electrons. The molecular formula is C21H29FN2O3. The molecule has 1 aromatic heterocycles. The molecule has 2 rings (SSSR count). The Hall–Kier alpha value is -2.18. The number of aromatic nitrogens is 1. The molecule has 0 bridgehead atoms. The molecule has 1 aromatic carbocycles. The van der Waals surface area contributed by atoms with E-state index in [1.807, 2.05) is 31.4 Å². The van der Waals surface area contributed by atoms with Gasteiger partial charge in [-0.15, -0.1) is 0 Å². The monoisotopic (exact) mass is 376 g/mol. The standard InChI is InChI=1S/C21H29FN2O3/c1-14(2)27-10-6-9-23-12-19-15(3)24(16(4)20(19)21(25)26)13-17-7-5-8-18(22)11-17/h5,7-8,11,14,23H,6,9-10,12-13H2,1-4H3,(H,25,26). The number of carboxylic acid groups (broad SMARTS) is 1. The highest BCUT2D eigenvalue weighted by molar-refractivity contribution is 5.91. The fraction of sp³-hybridized carbons (Fsp3) is 0.476. The Kier molecular flexibility index (Phi) is 7.56. The molecule has 0 amide bonds. The summed E-state index contributed by atoms with van der Waals surface area (Å²) < 4.78 is 20.9. The maximum absolute atomic E-state index is 13.5. The van der Waals surface area contributed by atoms with Gasteiger partial charge in [0.2, 0.25) is 0 Å². The third-order valence-electron chi connectivity index (χ3n) is 4.60. The average Bonchev–Trinajstić information content (AvgIpc) is 2.82. The molecule has 1 heterocycles. The Morgan fingerprint density at radius 1 is 1.30 bits per heavy atom. The molecule has 2 aromatic rings. The first kappa shape index (κ1) is 21.1. The van der Waals surface area contributed by atoms with Gasteiger partial charge in [0.05, 0.1) is 11.7 Å². The van der Waals surface area contributed by atoms with Crippen molar-refractivity contribution in [3.8, 4) is 0 Å². The SMILES string of the molecule is Cc1c(CNCCCOC(C)C)c(C(=O)O)c(C)n1Cc1cccc(F)c1. The van der Waals surface area contributed by atoms with E-state index in [1.54, 1.807) is 13.0 Å². The molecule has 2 N–H and O–H groups in total. The molecule has 6 heteroatoms. The zero-order valence-corrected chi connectivity index (χ0v) is 16.5. The van der Waals surface area contributed by atoms with Crippen molar-refractivity contribution < 1.29 is 19.0 Å². The second-order valence-electron chi connectivity index (χ2n) is 7.00. The summed E-state index contributed by atoms with van der Waals surface area (Å²) in [5, 5.41) is 13.0. The number of halogens is 1. The summed E-state index contributed by atoms with van der Waals surface area (Å²) in [7, 11) is 0. The zero-order chi connectivity index (χ0) is 20.0. The highest BCUT2D eigenvalue weighted by atomic mass is 19.1. The first-order valence-electron chi connectivity index (χ1n) is 9.29. The number of nitrogens with one attached hydrogen (secondary N) is 1. The van der Waals surface area contributed by atoms with Crippen LogP contribution in [0.4, 0.5) is 4.39 Å². The molecule has 0 aliphatic heterocycles. The average molecular weight is 376 g/mol. The topological polar surface area (TPSA) is 63.5 Å². The van der Waals surface area contributed by atoms with Crippen LogP contribution in [-0.4, -0.2) is 34.9 Å². The second-order valence-corrected chi connectivity index (χ2v) is 7.00. The normalized spacial score (nSPS) is 11.3. The molecule has 0 aliphatic carbocycles.